The first-order valence-electron chi connectivity index (χ1n) is 6.61. The van der Waals surface area contributed by atoms with Crippen LogP contribution in [0.3, 0.4) is 0 Å². The van der Waals surface area contributed by atoms with Gasteiger partial charge in [-0.2, -0.15) is 0 Å². The van der Waals surface area contributed by atoms with E-state index in [0.29, 0.717) is 6.54 Å². The number of ether oxygens (including phenoxy) is 1. The highest BCUT2D eigenvalue weighted by molar-refractivity contribution is 14.1. The predicted molar refractivity (Wildman–Crippen MR) is 91.7 cm³/mol. The summed E-state index contributed by atoms with van der Waals surface area (Å²) in [5.74, 6) is 2.55. The van der Waals surface area contributed by atoms with Crippen LogP contribution in [0.5, 0.6) is 11.5 Å². The van der Waals surface area contributed by atoms with E-state index in [1.54, 1.807) is 0 Å². The van der Waals surface area contributed by atoms with Crippen LogP contribution in [0.15, 0.2) is 71.1 Å². The van der Waals surface area contributed by atoms with Crippen molar-refractivity contribution >= 4 is 28.3 Å². The second kappa shape index (κ2) is 6.67. The molecule has 0 bridgehead atoms. The van der Waals surface area contributed by atoms with E-state index in [2.05, 4.69) is 27.9 Å². The molecule has 3 aromatic rings. The molecule has 0 atom stereocenters. The summed E-state index contributed by atoms with van der Waals surface area (Å²) in [7, 11) is 0. The van der Waals surface area contributed by atoms with Crippen molar-refractivity contribution in [3.63, 3.8) is 0 Å². The van der Waals surface area contributed by atoms with Crippen LogP contribution in [0.1, 0.15) is 5.76 Å². The highest BCUT2D eigenvalue weighted by Gasteiger charge is 2.01. The van der Waals surface area contributed by atoms with E-state index in [-0.39, 0.29) is 0 Å². The zero-order chi connectivity index (χ0) is 14.5. The molecule has 1 aromatic heterocycles. The maximum atomic E-state index is 5.81. The van der Waals surface area contributed by atoms with Gasteiger partial charge in [0.05, 0.1) is 6.54 Å². The molecular weight excluding hydrogens is 377 g/mol. The molecule has 2 aromatic carbocycles. The Hall–Kier alpha value is -1.95. The number of anilines is 1. The first kappa shape index (κ1) is 14.0. The number of hydrogen-bond donors (Lipinski definition) is 1. The van der Waals surface area contributed by atoms with Gasteiger partial charge in [-0.1, -0.05) is 24.3 Å². The average Bonchev–Trinajstić information content (AvgIpc) is 2.92. The molecule has 0 aliphatic rings. The topological polar surface area (TPSA) is 34.4 Å². The standard InChI is InChI=1S/C17H14INO2/c18-17-10-9-16(21-17)12-19-13-5-4-8-15(11-13)20-14-6-2-1-3-7-14/h1-11,19H,12H2. The number of benzene rings is 2. The Balaban J connectivity index is 1.65. The van der Waals surface area contributed by atoms with Gasteiger partial charge < -0.3 is 14.5 Å². The lowest BCUT2D eigenvalue weighted by Gasteiger charge is -2.08. The first-order chi connectivity index (χ1) is 10.3. The Labute approximate surface area is 137 Å². The molecule has 1 N–H and O–H groups in total. The van der Waals surface area contributed by atoms with Crippen molar-refractivity contribution < 1.29 is 9.15 Å². The summed E-state index contributed by atoms with van der Waals surface area (Å²) < 4.78 is 12.2. The molecule has 0 unspecified atom stereocenters. The fourth-order valence-electron chi connectivity index (χ4n) is 1.93. The number of nitrogens with one attached hydrogen (secondary N) is 1. The number of halogens is 1. The van der Waals surface area contributed by atoms with Crippen molar-refractivity contribution in [1.29, 1.82) is 0 Å². The fraction of sp³-hybridized carbons (Fsp3) is 0.0588. The van der Waals surface area contributed by atoms with Crippen LogP contribution < -0.4 is 10.1 Å². The van der Waals surface area contributed by atoms with Gasteiger partial charge in [-0.05, 0) is 59.0 Å². The number of rotatable bonds is 5. The Morgan fingerprint density at radius 3 is 2.48 bits per heavy atom. The minimum absolute atomic E-state index is 0.651. The van der Waals surface area contributed by atoms with Crippen molar-refractivity contribution in [2.24, 2.45) is 0 Å². The molecule has 0 spiro atoms. The van der Waals surface area contributed by atoms with Crippen LogP contribution in [0.2, 0.25) is 0 Å². The molecule has 0 radical (unpaired) electrons. The van der Waals surface area contributed by atoms with Gasteiger partial charge in [0.2, 0.25) is 0 Å². The molecule has 4 heteroatoms. The third-order valence-electron chi connectivity index (χ3n) is 2.91. The summed E-state index contributed by atoms with van der Waals surface area (Å²) in [6.45, 7) is 0.651. The van der Waals surface area contributed by atoms with E-state index in [1.807, 2.05) is 66.7 Å². The van der Waals surface area contributed by atoms with Crippen LogP contribution >= 0.6 is 22.6 Å². The zero-order valence-corrected chi connectivity index (χ0v) is 13.4. The van der Waals surface area contributed by atoms with Crippen LogP contribution in [0.25, 0.3) is 0 Å². The van der Waals surface area contributed by atoms with E-state index in [9.17, 15) is 0 Å². The summed E-state index contributed by atoms with van der Waals surface area (Å²) in [6.07, 6.45) is 0. The van der Waals surface area contributed by atoms with Gasteiger partial charge in [0.1, 0.15) is 17.3 Å². The third kappa shape index (κ3) is 4.01. The summed E-state index contributed by atoms with van der Waals surface area (Å²) in [5.41, 5.74) is 0.995. The molecule has 0 amide bonds. The maximum absolute atomic E-state index is 5.81. The van der Waals surface area contributed by atoms with Crippen LogP contribution in [0, 0.1) is 3.77 Å². The van der Waals surface area contributed by atoms with Crippen molar-refractivity contribution in [3.8, 4) is 11.5 Å². The monoisotopic (exact) mass is 391 g/mol. The molecule has 1 heterocycles. The van der Waals surface area contributed by atoms with Gasteiger partial charge in [0, 0.05) is 11.8 Å². The number of hydrogen-bond acceptors (Lipinski definition) is 3. The maximum Gasteiger partial charge on any atom is 0.164 e. The highest BCUT2D eigenvalue weighted by Crippen LogP contribution is 2.24. The predicted octanol–water partition coefficient (Wildman–Crippen LogP) is 5.29. The lowest BCUT2D eigenvalue weighted by molar-refractivity contribution is 0.482. The van der Waals surface area contributed by atoms with Gasteiger partial charge >= 0.3 is 0 Å². The average molecular weight is 391 g/mol. The van der Waals surface area contributed by atoms with Crippen molar-refractivity contribution in [2.45, 2.75) is 6.54 Å². The van der Waals surface area contributed by atoms with Gasteiger partial charge in [-0.15, -0.1) is 0 Å². The second-order valence-corrected chi connectivity index (χ2v) is 5.57. The summed E-state index contributed by atoms with van der Waals surface area (Å²) in [4.78, 5) is 0. The largest absolute Gasteiger partial charge is 0.457 e. The lowest BCUT2D eigenvalue weighted by atomic mass is 10.3. The van der Waals surface area contributed by atoms with E-state index in [4.69, 9.17) is 9.15 Å². The Morgan fingerprint density at radius 2 is 1.71 bits per heavy atom. The quantitative estimate of drug-likeness (QED) is 0.601. The molecule has 0 saturated carbocycles. The van der Waals surface area contributed by atoms with Gasteiger partial charge in [0.25, 0.3) is 0 Å². The SMILES string of the molecule is Ic1ccc(CNc2cccc(Oc3ccccc3)c2)o1. The van der Waals surface area contributed by atoms with Crippen LogP contribution in [0.4, 0.5) is 5.69 Å². The molecular formula is C17H14INO2. The third-order valence-corrected chi connectivity index (χ3v) is 3.49. The van der Waals surface area contributed by atoms with E-state index in [0.717, 1.165) is 26.7 Å². The van der Waals surface area contributed by atoms with Gasteiger partial charge in [-0.3, -0.25) is 0 Å². The minimum Gasteiger partial charge on any atom is -0.457 e. The second-order valence-electron chi connectivity index (χ2n) is 4.50. The molecule has 0 aliphatic heterocycles. The van der Waals surface area contributed by atoms with E-state index < -0.39 is 0 Å². The zero-order valence-electron chi connectivity index (χ0n) is 11.3. The van der Waals surface area contributed by atoms with E-state index >= 15 is 0 Å². The number of furan rings is 1. The first-order valence-corrected chi connectivity index (χ1v) is 7.68. The molecule has 21 heavy (non-hydrogen) atoms. The molecule has 0 fully saturated rings. The molecule has 3 rings (SSSR count). The minimum atomic E-state index is 0.651. The van der Waals surface area contributed by atoms with Gasteiger partial charge in [0.15, 0.2) is 3.77 Å². The van der Waals surface area contributed by atoms with E-state index in [1.165, 1.54) is 0 Å². The summed E-state index contributed by atoms with van der Waals surface area (Å²) in [5, 5.41) is 3.32. The van der Waals surface area contributed by atoms with Crippen LogP contribution in [-0.4, -0.2) is 0 Å². The highest BCUT2D eigenvalue weighted by atomic mass is 127. The molecule has 3 nitrogen and oxygen atoms in total. The van der Waals surface area contributed by atoms with Crippen molar-refractivity contribution in [3.05, 3.63) is 76.3 Å². The summed E-state index contributed by atoms with van der Waals surface area (Å²) >= 11 is 2.16. The van der Waals surface area contributed by atoms with Crippen molar-refractivity contribution in [1.82, 2.24) is 0 Å². The summed E-state index contributed by atoms with van der Waals surface area (Å²) in [6, 6.07) is 21.6. The molecule has 106 valence electrons. The normalized spacial score (nSPS) is 10.3. The Kier molecular flexibility index (Phi) is 4.45. The van der Waals surface area contributed by atoms with Gasteiger partial charge in [-0.25, -0.2) is 0 Å². The van der Waals surface area contributed by atoms with Crippen LogP contribution in [-0.2, 0) is 6.54 Å². The van der Waals surface area contributed by atoms with Crippen molar-refractivity contribution in [2.75, 3.05) is 5.32 Å². The fourth-order valence-corrected chi connectivity index (χ4v) is 2.39. The smallest absolute Gasteiger partial charge is 0.164 e. The molecule has 0 saturated heterocycles. The molecule has 0 aliphatic carbocycles. The Morgan fingerprint density at radius 1 is 0.905 bits per heavy atom. The number of para-hydroxylation sites is 1. The lowest BCUT2D eigenvalue weighted by Crippen LogP contribution is -1.98. The Bertz CT molecular complexity index is 710.